The second-order valence-electron chi connectivity index (χ2n) is 4.09. The molecule has 0 aromatic heterocycles. The molecule has 0 bridgehead atoms. The van der Waals surface area contributed by atoms with Crippen LogP contribution >= 0.6 is 0 Å². The van der Waals surface area contributed by atoms with E-state index in [-0.39, 0.29) is 17.7 Å². The molecule has 0 saturated heterocycles. The van der Waals surface area contributed by atoms with Crippen LogP contribution in [0.4, 0.5) is 0 Å². The molecule has 4 nitrogen and oxygen atoms in total. The summed E-state index contributed by atoms with van der Waals surface area (Å²) in [6.07, 6.45) is -0.445. The summed E-state index contributed by atoms with van der Waals surface area (Å²) in [4.78, 5) is 13.5. The third-order valence-electron chi connectivity index (χ3n) is 3.01. The Kier molecular flexibility index (Phi) is 4.52. The largest absolute Gasteiger partial charge is 0.508 e. The highest BCUT2D eigenvalue weighted by atomic mass is 16.5. The van der Waals surface area contributed by atoms with Gasteiger partial charge in [-0.25, -0.2) is 0 Å². The van der Waals surface area contributed by atoms with Crippen molar-refractivity contribution in [3.05, 3.63) is 29.8 Å². The molecule has 4 heteroatoms. The van der Waals surface area contributed by atoms with Gasteiger partial charge in [0.25, 0.3) is 5.91 Å². The van der Waals surface area contributed by atoms with Crippen molar-refractivity contribution < 1.29 is 14.6 Å². The number of nitrogens with zero attached hydrogens (tertiary/aromatic N) is 1. The summed E-state index contributed by atoms with van der Waals surface area (Å²) in [5, 5.41) is 9.21. The van der Waals surface area contributed by atoms with Crippen LogP contribution in [0.3, 0.4) is 0 Å². The second kappa shape index (κ2) is 5.68. The molecular weight excluding hydrogens is 218 g/mol. The molecule has 0 aliphatic heterocycles. The van der Waals surface area contributed by atoms with E-state index in [0.717, 1.165) is 5.56 Å². The lowest BCUT2D eigenvalue weighted by Crippen LogP contribution is -2.37. The van der Waals surface area contributed by atoms with Gasteiger partial charge in [0.15, 0.2) is 0 Å². The average molecular weight is 237 g/mol. The van der Waals surface area contributed by atoms with E-state index in [0.29, 0.717) is 0 Å². The number of phenols is 1. The number of ether oxygens (including phenoxy) is 1. The first-order valence-electron chi connectivity index (χ1n) is 5.55. The van der Waals surface area contributed by atoms with Gasteiger partial charge >= 0.3 is 0 Å². The maximum Gasteiger partial charge on any atom is 0.251 e. The molecule has 1 N–H and O–H groups in total. The average Bonchev–Trinajstić information content (AvgIpc) is 2.36. The number of methoxy groups -OCH3 is 1. The number of benzene rings is 1. The van der Waals surface area contributed by atoms with Gasteiger partial charge in [-0.1, -0.05) is 12.1 Å². The van der Waals surface area contributed by atoms with Gasteiger partial charge in [-0.2, -0.15) is 0 Å². The van der Waals surface area contributed by atoms with E-state index in [1.807, 2.05) is 6.92 Å². The lowest BCUT2D eigenvalue weighted by atomic mass is 10.1. The Hall–Kier alpha value is -1.55. The summed E-state index contributed by atoms with van der Waals surface area (Å²) in [7, 11) is 3.26. The summed E-state index contributed by atoms with van der Waals surface area (Å²) in [5.74, 6) is 0.160. The van der Waals surface area contributed by atoms with Crippen LogP contribution in [0.25, 0.3) is 0 Å². The normalized spacial score (nSPS) is 14.1. The van der Waals surface area contributed by atoms with Crippen molar-refractivity contribution in [2.75, 3.05) is 14.2 Å². The molecule has 2 atom stereocenters. The number of likely N-dealkylation sites (N-methyl/N-ethyl adjacent to an activating group) is 1. The predicted octanol–water partition coefficient (Wildman–Crippen LogP) is 1.95. The van der Waals surface area contributed by atoms with Crippen molar-refractivity contribution in [3.8, 4) is 5.75 Å². The van der Waals surface area contributed by atoms with Gasteiger partial charge < -0.3 is 14.7 Å². The van der Waals surface area contributed by atoms with Crippen molar-refractivity contribution in [2.24, 2.45) is 0 Å². The fraction of sp³-hybridized carbons (Fsp3) is 0.462. The zero-order valence-electron chi connectivity index (χ0n) is 10.7. The summed E-state index contributed by atoms with van der Waals surface area (Å²) in [6, 6.07) is 6.79. The Morgan fingerprint density at radius 1 is 1.29 bits per heavy atom. The number of rotatable bonds is 4. The summed E-state index contributed by atoms with van der Waals surface area (Å²) < 4.78 is 5.01. The van der Waals surface area contributed by atoms with Gasteiger partial charge in [-0.3, -0.25) is 4.79 Å². The molecule has 0 spiro atoms. The highest BCUT2D eigenvalue weighted by Gasteiger charge is 2.22. The van der Waals surface area contributed by atoms with Gasteiger partial charge in [0.1, 0.15) is 11.9 Å². The van der Waals surface area contributed by atoms with Crippen LogP contribution in [0.5, 0.6) is 5.75 Å². The monoisotopic (exact) mass is 237 g/mol. The maximum atomic E-state index is 11.9. The number of carbonyl (C=O) groups excluding carboxylic acids is 1. The quantitative estimate of drug-likeness (QED) is 0.870. The zero-order valence-corrected chi connectivity index (χ0v) is 10.7. The Morgan fingerprint density at radius 2 is 1.82 bits per heavy atom. The van der Waals surface area contributed by atoms with Crippen LogP contribution in [0, 0.1) is 0 Å². The summed E-state index contributed by atoms with van der Waals surface area (Å²) >= 11 is 0. The molecule has 0 aliphatic rings. The first-order valence-corrected chi connectivity index (χ1v) is 5.55. The SMILES string of the molecule is COC(C)C(=O)N(C)C(C)c1ccc(O)cc1. The van der Waals surface area contributed by atoms with Crippen LogP contribution in [0.2, 0.25) is 0 Å². The number of hydrogen-bond acceptors (Lipinski definition) is 3. The van der Waals surface area contributed by atoms with Gasteiger partial charge in [-0.15, -0.1) is 0 Å². The lowest BCUT2D eigenvalue weighted by molar-refractivity contribution is -0.141. The zero-order chi connectivity index (χ0) is 13.0. The van der Waals surface area contributed by atoms with Crippen LogP contribution in [-0.4, -0.2) is 36.2 Å². The van der Waals surface area contributed by atoms with E-state index in [9.17, 15) is 9.90 Å². The fourth-order valence-electron chi connectivity index (χ4n) is 1.55. The number of amides is 1. The Balaban J connectivity index is 2.79. The molecule has 0 fully saturated rings. The molecule has 0 heterocycles. The lowest BCUT2D eigenvalue weighted by Gasteiger charge is -2.27. The van der Waals surface area contributed by atoms with Crippen molar-refractivity contribution in [1.29, 1.82) is 0 Å². The van der Waals surface area contributed by atoms with E-state index in [1.54, 1.807) is 43.1 Å². The third-order valence-corrected chi connectivity index (χ3v) is 3.01. The molecular formula is C13H19NO3. The predicted molar refractivity (Wildman–Crippen MR) is 65.8 cm³/mol. The molecule has 1 aromatic carbocycles. The van der Waals surface area contributed by atoms with Gasteiger partial charge in [-0.05, 0) is 31.5 Å². The molecule has 1 aromatic rings. The first kappa shape index (κ1) is 13.5. The Bertz CT molecular complexity index is 375. The minimum Gasteiger partial charge on any atom is -0.508 e. The van der Waals surface area contributed by atoms with Gasteiger partial charge in [0.05, 0.1) is 6.04 Å². The van der Waals surface area contributed by atoms with E-state index in [2.05, 4.69) is 0 Å². The molecule has 1 amide bonds. The first-order chi connectivity index (χ1) is 7.97. The Labute approximate surface area is 102 Å². The van der Waals surface area contributed by atoms with Gasteiger partial charge in [0, 0.05) is 14.2 Å². The molecule has 0 aliphatic carbocycles. The van der Waals surface area contributed by atoms with Crippen LogP contribution < -0.4 is 0 Å². The van der Waals surface area contributed by atoms with Crippen molar-refractivity contribution in [2.45, 2.75) is 26.0 Å². The van der Waals surface area contributed by atoms with Crippen LogP contribution in [0.15, 0.2) is 24.3 Å². The van der Waals surface area contributed by atoms with E-state index < -0.39 is 6.10 Å². The van der Waals surface area contributed by atoms with Crippen LogP contribution in [-0.2, 0) is 9.53 Å². The number of hydrogen-bond donors (Lipinski definition) is 1. The minimum absolute atomic E-state index is 0.0549. The summed E-state index contributed by atoms with van der Waals surface area (Å²) in [6.45, 7) is 3.66. The standard InChI is InChI=1S/C13H19NO3/c1-9(11-5-7-12(15)8-6-11)14(3)13(16)10(2)17-4/h5-10,15H,1-4H3. The van der Waals surface area contributed by atoms with E-state index >= 15 is 0 Å². The van der Waals surface area contributed by atoms with Crippen molar-refractivity contribution >= 4 is 5.91 Å². The van der Waals surface area contributed by atoms with Crippen LogP contribution in [0.1, 0.15) is 25.5 Å². The molecule has 1 rings (SSSR count). The highest BCUT2D eigenvalue weighted by molar-refractivity contribution is 5.80. The number of phenolic OH excluding ortho intramolecular Hbond substituents is 1. The minimum atomic E-state index is -0.445. The topological polar surface area (TPSA) is 49.8 Å². The van der Waals surface area contributed by atoms with Crippen molar-refractivity contribution in [1.82, 2.24) is 4.90 Å². The van der Waals surface area contributed by atoms with E-state index in [1.165, 1.54) is 7.11 Å². The molecule has 2 unspecified atom stereocenters. The fourth-order valence-corrected chi connectivity index (χ4v) is 1.55. The van der Waals surface area contributed by atoms with Gasteiger partial charge in [0.2, 0.25) is 0 Å². The third kappa shape index (κ3) is 3.20. The summed E-state index contributed by atoms with van der Waals surface area (Å²) in [5.41, 5.74) is 0.974. The number of aromatic hydroxyl groups is 1. The molecule has 0 saturated carbocycles. The molecule has 94 valence electrons. The molecule has 0 radical (unpaired) electrons. The number of carbonyl (C=O) groups is 1. The smallest absolute Gasteiger partial charge is 0.251 e. The maximum absolute atomic E-state index is 11.9. The van der Waals surface area contributed by atoms with Crippen molar-refractivity contribution in [3.63, 3.8) is 0 Å². The highest BCUT2D eigenvalue weighted by Crippen LogP contribution is 2.21. The Morgan fingerprint density at radius 3 is 2.29 bits per heavy atom. The second-order valence-corrected chi connectivity index (χ2v) is 4.09. The van der Waals surface area contributed by atoms with E-state index in [4.69, 9.17) is 4.74 Å². The molecule has 17 heavy (non-hydrogen) atoms.